The van der Waals surface area contributed by atoms with Gasteiger partial charge in [0, 0.05) is 0 Å². The first kappa shape index (κ1) is 16.4. The van der Waals surface area contributed by atoms with Crippen LogP contribution in [0.3, 0.4) is 0 Å². The lowest BCUT2D eigenvalue weighted by Crippen LogP contribution is -2.18. The third-order valence-electron chi connectivity index (χ3n) is 3.14. The first-order chi connectivity index (χ1) is 11.2. The molecule has 0 aliphatic heterocycles. The first-order valence-corrected chi connectivity index (χ1v) is 6.88. The summed E-state index contributed by atoms with van der Waals surface area (Å²) in [4.78, 5) is 12.1. The highest BCUT2D eigenvalue weighted by atomic mass is 16.5. The third kappa shape index (κ3) is 4.00. The molecular weight excluding hydrogens is 296 g/mol. The lowest BCUT2D eigenvalue weighted by molar-refractivity contribution is 0.0952. The lowest BCUT2D eigenvalue weighted by Gasteiger charge is -2.07. The quantitative estimate of drug-likeness (QED) is 0.657. The molecule has 0 aromatic heterocycles. The van der Waals surface area contributed by atoms with Crippen molar-refractivity contribution in [2.24, 2.45) is 5.10 Å². The summed E-state index contributed by atoms with van der Waals surface area (Å²) in [6.45, 7) is 0. The van der Waals surface area contributed by atoms with Crippen LogP contribution in [0.2, 0.25) is 0 Å². The highest BCUT2D eigenvalue weighted by molar-refractivity contribution is 5.97. The number of nitrogens with zero attached hydrogens (tertiary/aromatic N) is 1. The molecule has 0 spiro atoms. The number of methoxy groups -OCH3 is 3. The molecule has 6 heteroatoms. The van der Waals surface area contributed by atoms with Gasteiger partial charge in [0.15, 0.2) is 11.5 Å². The average Bonchev–Trinajstić information content (AvgIpc) is 2.61. The summed E-state index contributed by atoms with van der Waals surface area (Å²) in [5.74, 6) is 1.36. The van der Waals surface area contributed by atoms with Crippen molar-refractivity contribution in [2.45, 2.75) is 0 Å². The van der Waals surface area contributed by atoms with Crippen molar-refractivity contribution in [1.29, 1.82) is 0 Å². The summed E-state index contributed by atoms with van der Waals surface area (Å²) in [5.41, 5.74) is 3.65. The Bertz CT molecular complexity index is 713. The van der Waals surface area contributed by atoms with Gasteiger partial charge in [-0.2, -0.15) is 5.10 Å². The van der Waals surface area contributed by atoms with Crippen molar-refractivity contribution in [3.8, 4) is 17.2 Å². The highest BCUT2D eigenvalue weighted by Crippen LogP contribution is 2.26. The van der Waals surface area contributed by atoms with Crippen LogP contribution in [0.1, 0.15) is 15.9 Å². The largest absolute Gasteiger partial charge is 0.496 e. The van der Waals surface area contributed by atoms with Crippen LogP contribution in [0.15, 0.2) is 47.6 Å². The number of hydrogen-bond acceptors (Lipinski definition) is 5. The second-order valence-corrected chi connectivity index (χ2v) is 4.51. The summed E-state index contributed by atoms with van der Waals surface area (Å²) in [5, 5.41) is 3.95. The first-order valence-electron chi connectivity index (χ1n) is 6.88. The number of hydrogen-bond donors (Lipinski definition) is 1. The summed E-state index contributed by atoms with van der Waals surface area (Å²) >= 11 is 0. The summed E-state index contributed by atoms with van der Waals surface area (Å²) < 4.78 is 15.5. The number of carbonyl (C=O) groups excluding carboxylic acids is 1. The van der Waals surface area contributed by atoms with Gasteiger partial charge in [-0.15, -0.1) is 0 Å². The molecular formula is C17H18N2O4. The molecule has 23 heavy (non-hydrogen) atoms. The van der Waals surface area contributed by atoms with Crippen LogP contribution in [0.5, 0.6) is 17.2 Å². The molecule has 2 aromatic carbocycles. The molecule has 120 valence electrons. The number of benzene rings is 2. The van der Waals surface area contributed by atoms with Crippen LogP contribution >= 0.6 is 0 Å². The second-order valence-electron chi connectivity index (χ2n) is 4.51. The number of amides is 1. The summed E-state index contributed by atoms with van der Waals surface area (Å²) in [6, 6.07) is 12.3. The molecule has 0 saturated carbocycles. The van der Waals surface area contributed by atoms with Crippen molar-refractivity contribution in [3.63, 3.8) is 0 Å². The Morgan fingerprint density at radius 2 is 1.65 bits per heavy atom. The van der Waals surface area contributed by atoms with E-state index in [0.29, 0.717) is 22.8 Å². The molecule has 1 N–H and O–H groups in total. The van der Waals surface area contributed by atoms with E-state index >= 15 is 0 Å². The fourth-order valence-corrected chi connectivity index (χ4v) is 1.99. The number of para-hydroxylation sites is 1. The van der Waals surface area contributed by atoms with Gasteiger partial charge in [-0.3, -0.25) is 4.79 Å². The Labute approximate surface area is 134 Å². The Hall–Kier alpha value is -3.02. The standard InChI is InChI=1S/C17H18N2O4/c1-21-14-7-5-4-6-13(14)17(20)19-18-11-12-8-9-15(22-2)16(10-12)23-3/h4-11H,1-3H3,(H,19,20)/b18-11+. The number of rotatable bonds is 6. The van der Waals surface area contributed by atoms with E-state index in [9.17, 15) is 4.79 Å². The van der Waals surface area contributed by atoms with Gasteiger partial charge >= 0.3 is 0 Å². The van der Waals surface area contributed by atoms with E-state index in [1.165, 1.54) is 13.3 Å². The Kier molecular flexibility index (Phi) is 5.57. The Morgan fingerprint density at radius 1 is 0.957 bits per heavy atom. The van der Waals surface area contributed by atoms with Gasteiger partial charge in [-0.1, -0.05) is 12.1 Å². The lowest BCUT2D eigenvalue weighted by atomic mass is 10.2. The molecule has 6 nitrogen and oxygen atoms in total. The zero-order valence-corrected chi connectivity index (χ0v) is 13.2. The zero-order chi connectivity index (χ0) is 16.7. The van der Waals surface area contributed by atoms with Crippen molar-refractivity contribution in [1.82, 2.24) is 5.43 Å². The van der Waals surface area contributed by atoms with E-state index in [0.717, 1.165) is 5.56 Å². The van der Waals surface area contributed by atoms with Crippen LogP contribution in [-0.4, -0.2) is 33.5 Å². The maximum atomic E-state index is 12.1. The summed E-state index contributed by atoms with van der Waals surface area (Å²) in [6.07, 6.45) is 1.52. The van der Waals surface area contributed by atoms with Gasteiger partial charge in [-0.25, -0.2) is 5.43 Å². The van der Waals surface area contributed by atoms with Crippen LogP contribution in [-0.2, 0) is 0 Å². The van der Waals surface area contributed by atoms with E-state index in [2.05, 4.69) is 10.5 Å². The van der Waals surface area contributed by atoms with Gasteiger partial charge in [0.05, 0.1) is 33.1 Å². The van der Waals surface area contributed by atoms with Crippen LogP contribution in [0.4, 0.5) is 0 Å². The van der Waals surface area contributed by atoms with Gasteiger partial charge in [0.1, 0.15) is 5.75 Å². The van der Waals surface area contributed by atoms with Gasteiger partial charge < -0.3 is 14.2 Å². The van der Waals surface area contributed by atoms with E-state index < -0.39 is 0 Å². The van der Waals surface area contributed by atoms with E-state index in [1.54, 1.807) is 56.7 Å². The molecule has 1 amide bonds. The number of hydrazone groups is 1. The fourth-order valence-electron chi connectivity index (χ4n) is 1.99. The number of nitrogens with one attached hydrogen (secondary N) is 1. The molecule has 0 aliphatic rings. The summed E-state index contributed by atoms with van der Waals surface area (Å²) in [7, 11) is 4.64. The maximum absolute atomic E-state index is 12.1. The molecule has 0 fully saturated rings. The van der Waals surface area contributed by atoms with E-state index in [-0.39, 0.29) is 5.91 Å². The third-order valence-corrected chi connectivity index (χ3v) is 3.14. The number of carbonyl (C=O) groups is 1. The Balaban J connectivity index is 2.08. The average molecular weight is 314 g/mol. The van der Waals surface area contributed by atoms with E-state index in [4.69, 9.17) is 14.2 Å². The predicted octanol–water partition coefficient (Wildman–Crippen LogP) is 2.48. The van der Waals surface area contributed by atoms with Gasteiger partial charge in [-0.05, 0) is 35.9 Å². The minimum atomic E-state index is -0.348. The fraction of sp³-hybridized carbons (Fsp3) is 0.176. The molecule has 0 saturated heterocycles. The molecule has 2 rings (SSSR count). The molecule has 0 radical (unpaired) electrons. The molecule has 0 heterocycles. The minimum absolute atomic E-state index is 0.348. The Morgan fingerprint density at radius 3 is 2.35 bits per heavy atom. The molecule has 0 aliphatic carbocycles. The topological polar surface area (TPSA) is 69.2 Å². The van der Waals surface area contributed by atoms with E-state index in [1.807, 2.05) is 0 Å². The van der Waals surface area contributed by atoms with Crippen molar-refractivity contribution in [3.05, 3.63) is 53.6 Å². The maximum Gasteiger partial charge on any atom is 0.275 e. The SMILES string of the molecule is COc1ccc(/C=N/NC(=O)c2ccccc2OC)cc1OC. The molecule has 2 aromatic rings. The van der Waals surface area contributed by atoms with Gasteiger partial charge in [0.2, 0.25) is 0 Å². The zero-order valence-electron chi connectivity index (χ0n) is 13.2. The van der Waals surface area contributed by atoms with Gasteiger partial charge in [0.25, 0.3) is 5.91 Å². The number of ether oxygens (including phenoxy) is 3. The molecule has 0 unspecified atom stereocenters. The highest BCUT2D eigenvalue weighted by Gasteiger charge is 2.10. The van der Waals surface area contributed by atoms with Crippen LogP contribution in [0.25, 0.3) is 0 Å². The predicted molar refractivity (Wildman–Crippen MR) is 87.6 cm³/mol. The van der Waals surface area contributed by atoms with Crippen molar-refractivity contribution in [2.75, 3.05) is 21.3 Å². The minimum Gasteiger partial charge on any atom is -0.496 e. The van der Waals surface area contributed by atoms with Crippen LogP contribution < -0.4 is 19.6 Å². The normalized spacial score (nSPS) is 10.4. The van der Waals surface area contributed by atoms with Crippen molar-refractivity contribution < 1.29 is 19.0 Å². The smallest absolute Gasteiger partial charge is 0.275 e. The van der Waals surface area contributed by atoms with Crippen LogP contribution in [0, 0.1) is 0 Å². The molecule has 0 bridgehead atoms. The van der Waals surface area contributed by atoms with Crippen molar-refractivity contribution >= 4 is 12.1 Å². The second kappa shape index (κ2) is 7.84. The monoisotopic (exact) mass is 314 g/mol. The molecule has 0 atom stereocenters.